The zero-order valence-corrected chi connectivity index (χ0v) is 9.86. The molecule has 0 spiro atoms. The van der Waals surface area contributed by atoms with Crippen molar-refractivity contribution in [3.05, 3.63) is 30.1 Å². The standard InChI is InChI=1S/C13H20N2O/c1-14-13(8-12-4-6-16-10-12)7-11-3-2-5-15-9-11/h2-3,5,9,12-14H,4,6-8,10H2,1H3. The second kappa shape index (κ2) is 5.97. The van der Waals surface area contributed by atoms with E-state index in [0.29, 0.717) is 6.04 Å². The molecule has 0 amide bonds. The van der Waals surface area contributed by atoms with Crippen molar-refractivity contribution in [1.82, 2.24) is 10.3 Å². The first kappa shape index (κ1) is 11.6. The minimum atomic E-state index is 0.538. The molecule has 2 rings (SSSR count). The lowest BCUT2D eigenvalue weighted by atomic mass is 9.95. The maximum atomic E-state index is 5.41. The van der Waals surface area contributed by atoms with Crippen LogP contribution in [-0.2, 0) is 11.2 Å². The third-order valence-electron chi connectivity index (χ3n) is 3.25. The molecule has 1 aliphatic heterocycles. The molecule has 1 fully saturated rings. The van der Waals surface area contributed by atoms with Crippen LogP contribution in [-0.4, -0.2) is 31.3 Å². The number of likely N-dealkylation sites (N-methyl/N-ethyl adjacent to an activating group) is 1. The largest absolute Gasteiger partial charge is 0.381 e. The van der Waals surface area contributed by atoms with E-state index in [1.54, 1.807) is 0 Å². The summed E-state index contributed by atoms with van der Waals surface area (Å²) < 4.78 is 5.41. The lowest BCUT2D eigenvalue weighted by Crippen LogP contribution is -2.30. The van der Waals surface area contributed by atoms with Crippen LogP contribution in [0.5, 0.6) is 0 Å². The van der Waals surface area contributed by atoms with Crippen LogP contribution < -0.4 is 5.32 Å². The zero-order valence-electron chi connectivity index (χ0n) is 9.86. The van der Waals surface area contributed by atoms with Gasteiger partial charge < -0.3 is 10.1 Å². The van der Waals surface area contributed by atoms with Crippen molar-refractivity contribution in [2.45, 2.75) is 25.3 Å². The average molecular weight is 220 g/mol. The SMILES string of the molecule is CNC(Cc1cccnc1)CC1CCOC1. The van der Waals surface area contributed by atoms with Crippen molar-refractivity contribution in [2.24, 2.45) is 5.92 Å². The van der Waals surface area contributed by atoms with Crippen LogP contribution in [0.1, 0.15) is 18.4 Å². The summed E-state index contributed by atoms with van der Waals surface area (Å²) in [7, 11) is 2.04. The van der Waals surface area contributed by atoms with Crippen molar-refractivity contribution >= 4 is 0 Å². The van der Waals surface area contributed by atoms with E-state index in [9.17, 15) is 0 Å². The highest BCUT2D eigenvalue weighted by molar-refractivity contribution is 5.10. The number of hydrogen-bond acceptors (Lipinski definition) is 3. The van der Waals surface area contributed by atoms with Gasteiger partial charge in [-0.25, -0.2) is 0 Å². The number of nitrogens with one attached hydrogen (secondary N) is 1. The molecule has 1 aromatic rings. The molecular weight excluding hydrogens is 200 g/mol. The Bertz CT molecular complexity index is 296. The Labute approximate surface area is 97.2 Å². The molecule has 3 heteroatoms. The number of pyridine rings is 1. The maximum Gasteiger partial charge on any atom is 0.0495 e. The Balaban J connectivity index is 1.85. The number of ether oxygens (including phenoxy) is 1. The molecule has 1 saturated heterocycles. The monoisotopic (exact) mass is 220 g/mol. The molecule has 1 N–H and O–H groups in total. The molecule has 2 heterocycles. The predicted molar refractivity (Wildman–Crippen MR) is 64.3 cm³/mol. The Morgan fingerprint density at radius 1 is 1.62 bits per heavy atom. The molecule has 88 valence electrons. The van der Waals surface area contributed by atoms with Gasteiger partial charge in [0, 0.05) is 31.6 Å². The van der Waals surface area contributed by atoms with Gasteiger partial charge in [-0.3, -0.25) is 4.98 Å². The average Bonchev–Trinajstić information content (AvgIpc) is 2.82. The smallest absolute Gasteiger partial charge is 0.0495 e. The minimum Gasteiger partial charge on any atom is -0.381 e. The molecule has 0 aromatic carbocycles. The molecule has 0 saturated carbocycles. The van der Waals surface area contributed by atoms with E-state index in [1.807, 2.05) is 25.5 Å². The summed E-state index contributed by atoms with van der Waals surface area (Å²) in [6.45, 7) is 1.87. The molecule has 1 aromatic heterocycles. The van der Waals surface area contributed by atoms with Crippen molar-refractivity contribution in [1.29, 1.82) is 0 Å². The molecule has 2 unspecified atom stereocenters. The summed E-state index contributed by atoms with van der Waals surface area (Å²) in [6.07, 6.45) is 7.25. The molecule has 16 heavy (non-hydrogen) atoms. The highest BCUT2D eigenvalue weighted by atomic mass is 16.5. The van der Waals surface area contributed by atoms with Crippen molar-refractivity contribution in [2.75, 3.05) is 20.3 Å². The Morgan fingerprint density at radius 3 is 3.19 bits per heavy atom. The maximum absolute atomic E-state index is 5.41. The first-order valence-electron chi connectivity index (χ1n) is 6.02. The molecule has 0 bridgehead atoms. The van der Waals surface area contributed by atoms with E-state index in [-0.39, 0.29) is 0 Å². The summed E-state index contributed by atoms with van der Waals surface area (Å²) in [4.78, 5) is 4.15. The van der Waals surface area contributed by atoms with Gasteiger partial charge in [-0.2, -0.15) is 0 Å². The Hall–Kier alpha value is -0.930. The number of rotatable bonds is 5. The second-order valence-electron chi connectivity index (χ2n) is 4.52. The van der Waals surface area contributed by atoms with Gasteiger partial charge in [-0.05, 0) is 43.9 Å². The molecular formula is C13H20N2O. The van der Waals surface area contributed by atoms with Crippen LogP contribution in [0, 0.1) is 5.92 Å². The van der Waals surface area contributed by atoms with Gasteiger partial charge in [0.1, 0.15) is 0 Å². The van der Waals surface area contributed by atoms with Crippen LogP contribution in [0.2, 0.25) is 0 Å². The second-order valence-corrected chi connectivity index (χ2v) is 4.52. The number of aromatic nitrogens is 1. The highest BCUT2D eigenvalue weighted by Gasteiger charge is 2.19. The van der Waals surface area contributed by atoms with E-state index in [4.69, 9.17) is 4.74 Å². The van der Waals surface area contributed by atoms with E-state index in [2.05, 4.69) is 16.4 Å². The summed E-state index contributed by atoms with van der Waals surface area (Å²) in [5.41, 5.74) is 1.31. The zero-order chi connectivity index (χ0) is 11.2. The Kier molecular flexibility index (Phi) is 4.31. The van der Waals surface area contributed by atoms with Crippen LogP contribution in [0.4, 0.5) is 0 Å². The summed E-state index contributed by atoms with van der Waals surface area (Å²) in [5, 5.41) is 3.39. The Morgan fingerprint density at radius 2 is 2.56 bits per heavy atom. The van der Waals surface area contributed by atoms with Crippen LogP contribution in [0.15, 0.2) is 24.5 Å². The molecule has 0 aliphatic carbocycles. The number of hydrogen-bond donors (Lipinski definition) is 1. The van der Waals surface area contributed by atoms with Gasteiger partial charge >= 0.3 is 0 Å². The summed E-state index contributed by atoms with van der Waals surface area (Å²) in [6, 6.07) is 4.68. The van der Waals surface area contributed by atoms with E-state index in [0.717, 1.165) is 25.6 Å². The van der Waals surface area contributed by atoms with Crippen LogP contribution in [0.3, 0.4) is 0 Å². The lowest BCUT2D eigenvalue weighted by Gasteiger charge is -2.19. The van der Waals surface area contributed by atoms with Gasteiger partial charge in [0.2, 0.25) is 0 Å². The molecule has 1 aliphatic rings. The first-order valence-corrected chi connectivity index (χ1v) is 6.02. The van der Waals surface area contributed by atoms with E-state index >= 15 is 0 Å². The minimum absolute atomic E-state index is 0.538. The topological polar surface area (TPSA) is 34.2 Å². The highest BCUT2D eigenvalue weighted by Crippen LogP contribution is 2.19. The van der Waals surface area contributed by atoms with Crippen LogP contribution in [0.25, 0.3) is 0 Å². The van der Waals surface area contributed by atoms with Gasteiger partial charge in [-0.15, -0.1) is 0 Å². The predicted octanol–water partition coefficient (Wildman–Crippen LogP) is 1.64. The van der Waals surface area contributed by atoms with Crippen molar-refractivity contribution < 1.29 is 4.74 Å². The lowest BCUT2D eigenvalue weighted by molar-refractivity contribution is 0.181. The van der Waals surface area contributed by atoms with Gasteiger partial charge in [0.05, 0.1) is 0 Å². The molecule has 0 radical (unpaired) electrons. The van der Waals surface area contributed by atoms with Crippen LogP contribution >= 0.6 is 0 Å². The van der Waals surface area contributed by atoms with Gasteiger partial charge in [0.25, 0.3) is 0 Å². The van der Waals surface area contributed by atoms with Gasteiger partial charge in [0.15, 0.2) is 0 Å². The molecule has 2 atom stereocenters. The molecule has 3 nitrogen and oxygen atoms in total. The fourth-order valence-electron chi connectivity index (χ4n) is 2.28. The first-order chi connectivity index (χ1) is 7.88. The fraction of sp³-hybridized carbons (Fsp3) is 0.615. The van der Waals surface area contributed by atoms with Crippen molar-refractivity contribution in [3.63, 3.8) is 0 Å². The third-order valence-corrected chi connectivity index (χ3v) is 3.25. The number of nitrogens with zero attached hydrogens (tertiary/aromatic N) is 1. The normalized spacial score (nSPS) is 22.2. The van der Waals surface area contributed by atoms with E-state index in [1.165, 1.54) is 18.4 Å². The van der Waals surface area contributed by atoms with Crippen molar-refractivity contribution in [3.8, 4) is 0 Å². The summed E-state index contributed by atoms with van der Waals surface area (Å²) >= 11 is 0. The van der Waals surface area contributed by atoms with Gasteiger partial charge in [-0.1, -0.05) is 6.07 Å². The third kappa shape index (κ3) is 3.29. The fourth-order valence-corrected chi connectivity index (χ4v) is 2.28. The van der Waals surface area contributed by atoms with E-state index < -0.39 is 0 Å². The quantitative estimate of drug-likeness (QED) is 0.819. The summed E-state index contributed by atoms with van der Waals surface area (Å²) in [5.74, 6) is 0.731.